The Kier molecular flexibility index (Phi) is 5.67. The van der Waals surface area contributed by atoms with Crippen molar-refractivity contribution in [2.24, 2.45) is 5.92 Å². The van der Waals surface area contributed by atoms with Crippen LogP contribution in [0.3, 0.4) is 0 Å². The molecule has 3 N–H and O–H groups in total. The molecule has 0 spiro atoms. The number of nitrogens with one attached hydrogen (secondary N) is 1. The average Bonchev–Trinajstić information content (AvgIpc) is 2.68. The summed E-state index contributed by atoms with van der Waals surface area (Å²) in [5.74, 6) is -0.475. The highest BCUT2D eigenvalue weighted by molar-refractivity contribution is 7.10. The normalized spacial score (nSPS) is 12.5. The molecule has 1 amide bonds. The highest BCUT2D eigenvalue weighted by atomic mass is 32.1. The van der Waals surface area contributed by atoms with Gasteiger partial charge in [0.05, 0.1) is 12.4 Å². The molecule has 17 heavy (non-hydrogen) atoms. The molecule has 1 aromatic rings. The Balaban J connectivity index is 2.46. The van der Waals surface area contributed by atoms with Gasteiger partial charge in [-0.05, 0) is 23.8 Å². The van der Waals surface area contributed by atoms with Gasteiger partial charge in [0.25, 0.3) is 0 Å². The minimum absolute atomic E-state index is 0.175. The fourth-order valence-corrected chi connectivity index (χ4v) is 2.30. The predicted octanol–water partition coefficient (Wildman–Crippen LogP) is 0.833. The number of carbonyl (C=O) groups excluding carboxylic acids is 1. The molecule has 6 heteroatoms. The Bertz CT molecular complexity index is 340. The fraction of sp³-hybridized carbons (Fsp3) is 0.545. The maximum absolute atomic E-state index is 11.7. The molecule has 4 nitrogen and oxygen atoms in total. The van der Waals surface area contributed by atoms with Crippen LogP contribution in [0.15, 0.2) is 17.5 Å². The third kappa shape index (κ3) is 5.34. The molecular formula is C11H18BNO3S. The predicted molar refractivity (Wildman–Crippen MR) is 69.6 cm³/mol. The molecule has 94 valence electrons. The maximum Gasteiger partial charge on any atom is 0.475 e. The largest absolute Gasteiger partial charge is 0.475 e. The maximum atomic E-state index is 11.7. The van der Waals surface area contributed by atoms with Crippen LogP contribution in [0.1, 0.15) is 25.1 Å². The van der Waals surface area contributed by atoms with Gasteiger partial charge in [0.2, 0.25) is 5.91 Å². The number of amides is 1. The summed E-state index contributed by atoms with van der Waals surface area (Å²) < 4.78 is 0. The summed E-state index contributed by atoms with van der Waals surface area (Å²) in [5.41, 5.74) is 0. The molecule has 0 saturated heterocycles. The van der Waals surface area contributed by atoms with Crippen molar-refractivity contribution >= 4 is 24.4 Å². The number of rotatable bonds is 6. The Morgan fingerprint density at radius 1 is 1.53 bits per heavy atom. The minimum atomic E-state index is -1.51. The van der Waals surface area contributed by atoms with Crippen LogP contribution >= 0.6 is 11.3 Å². The number of hydrogen-bond acceptors (Lipinski definition) is 4. The molecule has 0 aliphatic heterocycles. The van der Waals surface area contributed by atoms with Gasteiger partial charge in [-0.3, -0.25) is 4.79 Å². The van der Waals surface area contributed by atoms with Gasteiger partial charge in [0.15, 0.2) is 0 Å². The Labute approximate surface area is 106 Å². The summed E-state index contributed by atoms with van der Waals surface area (Å²) in [6.07, 6.45) is 0.840. The van der Waals surface area contributed by atoms with E-state index in [0.717, 1.165) is 4.88 Å². The van der Waals surface area contributed by atoms with E-state index < -0.39 is 13.1 Å². The molecule has 1 rings (SSSR count). The zero-order valence-corrected chi connectivity index (χ0v) is 10.9. The highest BCUT2D eigenvalue weighted by Gasteiger charge is 2.25. The van der Waals surface area contributed by atoms with E-state index in [2.05, 4.69) is 5.32 Å². The lowest BCUT2D eigenvalue weighted by Gasteiger charge is -2.19. The zero-order chi connectivity index (χ0) is 12.8. The summed E-state index contributed by atoms with van der Waals surface area (Å²) in [5, 5.41) is 22.9. The summed E-state index contributed by atoms with van der Waals surface area (Å²) in [6.45, 7) is 3.95. The van der Waals surface area contributed by atoms with Crippen molar-refractivity contribution < 1.29 is 14.8 Å². The third-order valence-corrected chi connectivity index (χ3v) is 3.22. The first-order valence-electron chi connectivity index (χ1n) is 5.67. The summed E-state index contributed by atoms with van der Waals surface area (Å²) in [7, 11) is -1.51. The Morgan fingerprint density at radius 2 is 2.24 bits per heavy atom. The van der Waals surface area contributed by atoms with E-state index in [4.69, 9.17) is 0 Å². The first-order valence-corrected chi connectivity index (χ1v) is 6.55. The lowest BCUT2D eigenvalue weighted by atomic mass is 9.75. The van der Waals surface area contributed by atoms with E-state index in [0.29, 0.717) is 18.8 Å². The van der Waals surface area contributed by atoms with Crippen LogP contribution in [0, 0.1) is 5.92 Å². The van der Waals surface area contributed by atoms with Crippen LogP contribution in [0.4, 0.5) is 0 Å². The van der Waals surface area contributed by atoms with Gasteiger partial charge in [0, 0.05) is 4.88 Å². The fourth-order valence-electron chi connectivity index (χ4n) is 1.59. The summed E-state index contributed by atoms with van der Waals surface area (Å²) in [4.78, 5) is 12.7. The van der Waals surface area contributed by atoms with Crippen molar-refractivity contribution in [1.29, 1.82) is 0 Å². The van der Waals surface area contributed by atoms with E-state index >= 15 is 0 Å². The van der Waals surface area contributed by atoms with E-state index in [1.165, 1.54) is 11.3 Å². The van der Waals surface area contributed by atoms with Crippen LogP contribution in [0.2, 0.25) is 0 Å². The summed E-state index contributed by atoms with van der Waals surface area (Å²) >= 11 is 1.51. The molecule has 0 saturated carbocycles. The second-order valence-electron chi connectivity index (χ2n) is 4.47. The van der Waals surface area contributed by atoms with Gasteiger partial charge in [0.1, 0.15) is 0 Å². The number of carbonyl (C=O) groups is 1. The van der Waals surface area contributed by atoms with Crippen molar-refractivity contribution in [3.63, 3.8) is 0 Å². The molecule has 0 aromatic carbocycles. The Morgan fingerprint density at radius 3 is 2.71 bits per heavy atom. The lowest BCUT2D eigenvalue weighted by molar-refractivity contribution is -0.120. The molecular weight excluding hydrogens is 237 g/mol. The molecule has 1 aromatic heterocycles. The van der Waals surface area contributed by atoms with Crippen LogP contribution in [0.5, 0.6) is 0 Å². The number of thiophene rings is 1. The smallest absolute Gasteiger partial charge is 0.426 e. The van der Waals surface area contributed by atoms with Gasteiger partial charge < -0.3 is 15.4 Å². The standard InChI is InChI=1S/C11H18BNO3S/c1-8(2)6-10(12(15)16)13-11(14)7-9-4-3-5-17-9/h3-5,8,10,15-16H,6-7H2,1-2H3,(H,13,14)/t10-/m0/s1. The summed E-state index contributed by atoms with van der Waals surface area (Å²) in [6, 6.07) is 3.77. The molecule has 0 aliphatic carbocycles. The average molecular weight is 255 g/mol. The number of hydrogen-bond donors (Lipinski definition) is 3. The van der Waals surface area contributed by atoms with E-state index in [1.807, 2.05) is 31.4 Å². The van der Waals surface area contributed by atoms with Crippen molar-refractivity contribution in [3.8, 4) is 0 Å². The van der Waals surface area contributed by atoms with Gasteiger partial charge in [-0.15, -0.1) is 11.3 Å². The second kappa shape index (κ2) is 6.78. The first kappa shape index (κ1) is 14.2. The molecule has 1 heterocycles. The van der Waals surface area contributed by atoms with Crippen LogP contribution < -0.4 is 5.32 Å². The molecule has 0 fully saturated rings. The SMILES string of the molecule is CC(C)C[C@H](NC(=O)Cc1cccs1)B(O)O. The van der Waals surface area contributed by atoms with Crippen molar-refractivity contribution in [2.45, 2.75) is 32.6 Å². The quantitative estimate of drug-likeness (QED) is 0.659. The van der Waals surface area contributed by atoms with E-state index in [1.54, 1.807) is 0 Å². The highest BCUT2D eigenvalue weighted by Crippen LogP contribution is 2.10. The molecule has 0 unspecified atom stereocenters. The Hall–Kier alpha value is -0.845. The van der Waals surface area contributed by atoms with Gasteiger partial charge >= 0.3 is 7.12 Å². The van der Waals surface area contributed by atoms with Crippen LogP contribution in [-0.2, 0) is 11.2 Å². The van der Waals surface area contributed by atoms with Crippen molar-refractivity contribution in [1.82, 2.24) is 5.32 Å². The van der Waals surface area contributed by atoms with Crippen molar-refractivity contribution in [3.05, 3.63) is 22.4 Å². The van der Waals surface area contributed by atoms with Crippen LogP contribution in [0.25, 0.3) is 0 Å². The zero-order valence-electron chi connectivity index (χ0n) is 10.1. The molecule has 0 radical (unpaired) electrons. The molecule has 0 bridgehead atoms. The van der Waals surface area contributed by atoms with Gasteiger partial charge in [-0.25, -0.2) is 0 Å². The van der Waals surface area contributed by atoms with Gasteiger partial charge in [-0.2, -0.15) is 0 Å². The van der Waals surface area contributed by atoms with E-state index in [-0.39, 0.29) is 5.91 Å². The topological polar surface area (TPSA) is 69.6 Å². The minimum Gasteiger partial charge on any atom is -0.426 e. The molecule has 0 aliphatic rings. The van der Waals surface area contributed by atoms with Gasteiger partial charge in [-0.1, -0.05) is 19.9 Å². The third-order valence-electron chi connectivity index (χ3n) is 2.35. The molecule has 1 atom stereocenters. The second-order valence-corrected chi connectivity index (χ2v) is 5.51. The lowest BCUT2D eigenvalue weighted by Crippen LogP contribution is -2.47. The monoisotopic (exact) mass is 255 g/mol. The van der Waals surface area contributed by atoms with Crippen molar-refractivity contribution in [2.75, 3.05) is 0 Å². The first-order chi connectivity index (χ1) is 7.99. The van der Waals surface area contributed by atoms with E-state index in [9.17, 15) is 14.8 Å². The van der Waals surface area contributed by atoms with Crippen LogP contribution in [-0.4, -0.2) is 29.0 Å².